The molecule has 0 aliphatic carbocycles. The van der Waals surface area contributed by atoms with Crippen molar-refractivity contribution >= 4 is 5.97 Å². The van der Waals surface area contributed by atoms with Gasteiger partial charge in [0.05, 0.1) is 18.8 Å². The van der Waals surface area contributed by atoms with Gasteiger partial charge in [-0.25, -0.2) is 4.79 Å². The number of hydrogen-bond acceptors (Lipinski definition) is 4. The molecule has 96 valence electrons. The molecule has 17 heavy (non-hydrogen) atoms. The van der Waals surface area contributed by atoms with Gasteiger partial charge in [-0.3, -0.25) is 0 Å². The second kappa shape index (κ2) is 5.33. The number of methoxy groups -OCH3 is 1. The molecule has 1 heterocycles. The van der Waals surface area contributed by atoms with Crippen LogP contribution in [0.25, 0.3) is 0 Å². The molecule has 1 unspecified atom stereocenters. The van der Waals surface area contributed by atoms with Crippen LogP contribution >= 0.6 is 0 Å². The van der Waals surface area contributed by atoms with Gasteiger partial charge in [0.2, 0.25) is 0 Å². The molecule has 1 aromatic rings. The quantitative estimate of drug-likeness (QED) is 0.742. The number of hydrogen-bond donors (Lipinski definition) is 2. The smallest absolute Gasteiger partial charge is 0.339 e. The van der Waals surface area contributed by atoms with Gasteiger partial charge < -0.3 is 20.1 Å². The van der Waals surface area contributed by atoms with Gasteiger partial charge >= 0.3 is 5.97 Å². The number of esters is 1. The molecule has 0 aromatic carbocycles. The Labute approximate surface area is 101 Å². The van der Waals surface area contributed by atoms with Crippen molar-refractivity contribution in [2.75, 3.05) is 13.7 Å². The number of ether oxygens (including phenoxy) is 1. The number of nitrogens with zero attached hydrogens (tertiary/aromatic N) is 1. The molecule has 0 fully saturated rings. The van der Waals surface area contributed by atoms with Gasteiger partial charge in [0.25, 0.3) is 0 Å². The molecular weight excluding hydrogens is 220 g/mol. The summed E-state index contributed by atoms with van der Waals surface area (Å²) >= 11 is 0. The number of rotatable bonds is 4. The molecule has 1 aromatic heterocycles. The third-order valence-corrected chi connectivity index (χ3v) is 3.21. The zero-order chi connectivity index (χ0) is 13.2. The molecule has 0 aliphatic heterocycles. The molecular formula is C12H20N2O3. The van der Waals surface area contributed by atoms with Crippen LogP contribution in [-0.2, 0) is 18.2 Å². The fourth-order valence-electron chi connectivity index (χ4n) is 1.96. The Morgan fingerprint density at radius 3 is 2.53 bits per heavy atom. The average molecular weight is 240 g/mol. The van der Waals surface area contributed by atoms with Crippen LogP contribution in [0, 0.1) is 13.8 Å². The second-order valence-corrected chi connectivity index (χ2v) is 4.17. The predicted molar refractivity (Wildman–Crippen MR) is 65.0 cm³/mol. The second-order valence-electron chi connectivity index (χ2n) is 4.17. The van der Waals surface area contributed by atoms with Crippen molar-refractivity contribution in [3.8, 4) is 0 Å². The van der Waals surface area contributed by atoms with Gasteiger partial charge in [0.15, 0.2) is 0 Å². The lowest BCUT2D eigenvalue weighted by molar-refractivity contribution is 0.0598. The fourth-order valence-corrected chi connectivity index (χ4v) is 1.96. The summed E-state index contributed by atoms with van der Waals surface area (Å²) in [6.45, 7) is 3.95. The van der Waals surface area contributed by atoms with Gasteiger partial charge in [-0.15, -0.1) is 0 Å². The molecule has 1 atom stereocenters. The lowest BCUT2D eigenvalue weighted by Crippen LogP contribution is -2.23. The van der Waals surface area contributed by atoms with E-state index in [4.69, 9.17) is 10.5 Å². The van der Waals surface area contributed by atoms with Crippen LogP contribution in [0.1, 0.15) is 27.3 Å². The molecule has 5 nitrogen and oxygen atoms in total. The van der Waals surface area contributed by atoms with Crippen molar-refractivity contribution < 1.29 is 14.6 Å². The summed E-state index contributed by atoms with van der Waals surface area (Å²) in [7, 11) is 3.24. The summed E-state index contributed by atoms with van der Waals surface area (Å²) in [5.74, 6) is -0.370. The highest BCUT2D eigenvalue weighted by molar-refractivity contribution is 5.93. The molecule has 0 radical (unpaired) electrons. The Morgan fingerprint density at radius 1 is 1.47 bits per heavy atom. The van der Waals surface area contributed by atoms with E-state index >= 15 is 0 Å². The maximum Gasteiger partial charge on any atom is 0.339 e. The van der Waals surface area contributed by atoms with E-state index in [1.54, 1.807) is 0 Å². The maximum atomic E-state index is 11.7. The number of carbonyl (C=O) groups is 1. The maximum absolute atomic E-state index is 11.7. The number of aromatic nitrogens is 1. The first kappa shape index (κ1) is 13.7. The summed E-state index contributed by atoms with van der Waals surface area (Å²) in [4.78, 5) is 11.7. The van der Waals surface area contributed by atoms with Crippen LogP contribution in [0.4, 0.5) is 0 Å². The predicted octanol–water partition coefficient (Wildman–Crippen LogP) is 0.291. The van der Waals surface area contributed by atoms with Crippen LogP contribution in [-0.4, -0.2) is 35.4 Å². The third kappa shape index (κ3) is 2.50. The number of nitrogens with two attached hydrogens (primary N) is 1. The molecule has 1 rings (SSSR count). The largest absolute Gasteiger partial charge is 0.465 e. The topological polar surface area (TPSA) is 77.5 Å². The highest BCUT2D eigenvalue weighted by Crippen LogP contribution is 2.23. The molecule has 0 spiro atoms. The molecule has 0 bridgehead atoms. The molecule has 0 saturated carbocycles. The minimum Gasteiger partial charge on any atom is -0.465 e. The van der Waals surface area contributed by atoms with E-state index in [0.29, 0.717) is 12.0 Å². The van der Waals surface area contributed by atoms with E-state index in [0.717, 1.165) is 17.0 Å². The zero-order valence-corrected chi connectivity index (χ0v) is 10.8. The zero-order valence-electron chi connectivity index (χ0n) is 10.8. The van der Waals surface area contributed by atoms with E-state index in [-0.39, 0.29) is 12.5 Å². The highest BCUT2D eigenvalue weighted by atomic mass is 16.5. The minimum absolute atomic E-state index is 0.175. The third-order valence-electron chi connectivity index (χ3n) is 3.21. The molecule has 5 heteroatoms. The first-order valence-electron chi connectivity index (χ1n) is 5.55. The van der Waals surface area contributed by atoms with E-state index in [1.807, 2.05) is 25.5 Å². The summed E-state index contributed by atoms with van der Waals surface area (Å²) in [5, 5.41) is 9.63. The Hall–Kier alpha value is -1.33. The van der Waals surface area contributed by atoms with Crippen LogP contribution in [0.15, 0.2) is 0 Å². The van der Waals surface area contributed by atoms with Crippen molar-refractivity contribution in [2.45, 2.75) is 26.4 Å². The van der Waals surface area contributed by atoms with Crippen LogP contribution in [0.5, 0.6) is 0 Å². The van der Waals surface area contributed by atoms with Crippen molar-refractivity contribution in [2.24, 2.45) is 12.8 Å². The van der Waals surface area contributed by atoms with Crippen LogP contribution in [0.2, 0.25) is 0 Å². The van der Waals surface area contributed by atoms with Gasteiger partial charge in [-0.2, -0.15) is 0 Å². The summed E-state index contributed by atoms with van der Waals surface area (Å²) in [6.07, 6.45) is -0.270. The summed E-state index contributed by atoms with van der Waals surface area (Å²) in [6, 6.07) is 0. The Bertz CT molecular complexity index is 424. The Kier molecular flexibility index (Phi) is 4.31. The van der Waals surface area contributed by atoms with Gasteiger partial charge in [0.1, 0.15) is 0 Å². The lowest BCUT2D eigenvalue weighted by Gasteiger charge is -2.09. The van der Waals surface area contributed by atoms with E-state index in [9.17, 15) is 9.90 Å². The molecule has 0 saturated heterocycles. The molecule has 3 N–H and O–H groups in total. The van der Waals surface area contributed by atoms with Crippen molar-refractivity contribution in [1.82, 2.24) is 4.57 Å². The van der Waals surface area contributed by atoms with Crippen LogP contribution < -0.4 is 5.73 Å². The standard InChI is InChI=1S/C12H20N2O3/c1-7-10(5-9(15)6-13)11(12(16)17-4)8(2)14(7)3/h9,15H,5-6,13H2,1-4H3. The van der Waals surface area contributed by atoms with Crippen LogP contribution in [0.3, 0.4) is 0 Å². The summed E-state index contributed by atoms with van der Waals surface area (Å²) in [5.41, 5.74) is 8.55. The van der Waals surface area contributed by atoms with Gasteiger partial charge in [-0.05, 0) is 19.4 Å². The van der Waals surface area contributed by atoms with Crippen molar-refractivity contribution in [3.63, 3.8) is 0 Å². The SMILES string of the molecule is COC(=O)c1c(CC(O)CN)c(C)n(C)c1C. The first-order valence-corrected chi connectivity index (χ1v) is 5.55. The lowest BCUT2D eigenvalue weighted by atomic mass is 10.0. The van der Waals surface area contributed by atoms with Crippen molar-refractivity contribution in [1.29, 1.82) is 0 Å². The average Bonchev–Trinajstić information content (AvgIpc) is 2.53. The van der Waals surface area contributed by atoms with Gasteiger partial charge in [-0.1, -0.05) is 0 Å². The number of carbonyl (C=O) groups excluding carboxylic acids is 1. The minimum atomic E-state index is -0.640. The fraction of sp³-hybridized carbons (Fsp3) is 0.583. The molecule has 0 aliphatic rings. The highest BCUT2D eigenvalue weighted by Gasteiger charge is 2.23. The Morgan fingerprint density at radius 2 is 2.06 bits per heavy atom. The van der Waals surface area contributed by atoms with E-state index < -0.39 is 6.10 Å². The number of aliphatic hydroxyl groups is 1. The Balaban J connectivity index is 3.26. The monoisotopic (exact) mass is 240 g/mol. The summed E-state index contributed by atoms with van der Waals surface area (Å²) < 4.78 is 6.70. The number of aliphatic hydroxyl groups excluding tert-OH is 1. The van der Waals surface area contributed by atoms with E-state index in [2.05, 4.69) is 0 Å². The van der Waals surface area contributed by atoms with Gasteiger partial charge in [0, 0.05) is 31.4 Å². The molecule has 0 amide bonds. The van der Waals surface area contributed by atoms with E-state index in [1.165, 1.54) is 7.11 Å². The first-order chi connectivity index (χ1) is 7.93. The normalized spacial score (nSPS) is 12.6. The van der Waals surface area contributed by atoms with Crippen molar-refractivity contribution in [3.05, 3.63) is 22.5 Å².